The molecule has 5 unspecified atom stereocenters. The Morgan fingerprint density at radius 2 is 1.42 bits per heavy atom. The largest absolute Gasteiger partial charge is 1.00 e. The minimum absolute atomic E-state index is 0. The second kappa shape index (κ2) is 8.79. The molecule has 3 heteroatoms. The standard InChI is InChI=1S/C23H28O2.K/c1-15-11-17-13-16(2)23(19(12-15)14-17)18-3-7-21(8-4-18)25-22-9-5-20(24)6-10-22;/h3-10,15-17,19,23-24H,11-14H2,1-2H3;/q;+1/p-1. The summed E-state index contributed by atoms with van der Waals surface area (Å²) in [5, 5.41) is 11.2. The number of ether oxygens (including phenoxy) is 1. The van der Waals surface area contributed by atoms with Gasteiger partial charge in [0.2, 0.25) is 0 Å². The van der Waals surface area contributed by atoms with Crippen LogP contribution in [0.2, 0.25) is 0 Å². The number of fused-ring (bicyclic) bond motifs is 2. The van der Waals surface area contributed by atoms with E-state index in [9.17, 15) is 5.11 Å². The van der Waals surface area contributed by atoms with E-state index in [0.29, 0.717) is 11.7 Å². The Kier molecular flexibility index (Phi) is 6.90. The molecular weight excluding hydrogens is 347 g/mol. The van der Waals surface area contributed by atoms with E-state index in [1.54, 1.807) is 12.1 Å². The fourth-order valence-corrected chi connectivity index (χ4v) is 5.43. The van der Waals surface area contributed by atoms with Crippen molar-refractivity contribution in [2.45, 2.75) is 45.4 Å². The minimum Gasteiger partial charge on any atom is -0.872 e. The summed E-state index contributed by atoms with van der Waals surface area (Å²) in [6.45, 7) is 4.87. The maximum atomic E-state index is 11.2. The van der Waals surface area contributed by atoms with E-state index in [2.05, 4.69) is 38.1 Å². The van der Waals surface area contributed by atoms with E-state index in [-0.39, 0.29) is 57.1 Å². The SMILES string of the molecule is CC1CC2CC(C)C(c3ccc(Oc4ccc([O-])cc4)cc3)C(C1)C2.[K+]. The molecule has 5 atom stereocenters. The van der Waals surface area contributed by atoms with Crippen molar-refractivity contribution in [1.29, 1.82) is 0 Å². The third-order valence-electron chi connectivity index (χ3n) is 6.23. The van der Waals surface area contributed by atoms with Crippen LogP contribution in [0.5, 0.6) is 17.2 Å². The van der Waals surface area contributed by atoms with Crippen molar-refractivity contribution in [3.05, 3.63) is 54.1 Å². The molecule has 2 bridgehead atoms. The molecule has 0 saturated heterocycles. The number of rotatable bonds is 3. The monoisotopic (exact) mass is 374 g/mol. The van der Waals surface area contributed by atoms with Crippen molar-refractivity contribution in [3.8, 4) is 17.2 Å². The zero-order chi connectivity index (χ0) is 17.4. The summed E-state index contributed by atoms with van der Waals surface area (Å²) in [4.78, 5) is 0. The molecule has 0 amide bonds. The number of hydrogen-bond donors (Lipinski definition) is 0. The topological polar surface area (TPSA) is 32.3 Å². The Morgan fingerprint density at radius 3 is 2.08 bits per heavy atom. The van der Waals surface area contributed by atoms with Gasteiger partial charge in [-0.05, 0) is 85.1 Å². The van der Waals surface area contributed by atoms with Crippen LogP contribution in [0.15, 0.2) is 48.5 Å². The Labute approximate surface area is 199 Å². The average molecular weight is 375 g/mol. The summed E-state index contributed by atoms with van der Waals surface area (Å²) in [6, 6.07) is 15.2. The Balaban J connectivity index is 0.00000196. The summed E-state index contributed by atoms with van der Waals surface area (Å²) in [6.07, 6.45) is 5.61. The van der Waals surface area contributed by atoms with Gasteiger partial charge in [-0.3, -0.25) is 0 Å². The normalized spacial score (nSPS) is 30.3. The van der Waals surface area contributed by atoms with E-state index in [1.807, 2.05) is 0 Å². The maximum absolute atomic E-state index is 11.2. The van der Waals surface area contributed by atoms with Gasteiger partial charge in [0.15, 0.2) is 0 Å². The molecule has 26 heavy (non-hydrogen) atoms. The summed E-state index contributed by atoms with van der Waals surface area (Å²) in [5.74, 6) is 5.68. The van der Waals surface area contributed by atoms with Gasteiger partial charge in [-0.15, -0.1) is 5.75 Å². The molecule has 2 saturated carbocycles. The number of benzene rings is 2. The maximum Gasteiger partial charge on any atom is 1.00 e. The zero-order valence-electron chi connectivity index (χ0n) is 16.2. The molecule has 2 nitrogen and oxygen atoms in total. The molecule has 0 aromatic heterocycles. The summed E-state index contributed by atoms with van der Waals surface area (Å²) >= 11 is 0. The summed E-state index contributed by atoms with van der Waals surface area (Å²) in [7, 11) is 0. The van der Waals surface area contributed by atoms with E-state index in [1.165, 1.54) is 43.4 Å². The van der Waals surface area contributed by atoms with Crippen LogP contribution in [0.3, 0.4) is 0 Å². The van der Waals surface area contributed by atoms with Crippen LogP contribution in [0, 0.1) is 23.7 Å². The molecule has 4 rings (SSSR count). The second-order valence-electron chi connectivity index (χ2n) is 8.32. The van der Waals surface area contributed by atoms with Gasteiger partial charge in [0.25, 0.3) is 0 Å². The van der Waals surface area contributed by atoms with Crippen LogP contribution in [0.25, 0.3) is 0 Å². The molecule has 0 heterocycles. The smallest absolute Gasteiger partial charge is 0.872 e. The van der Waals surface area contributed by atoms with E-state index < -0.39 is 0 Å². The fraction of sp³-hybridized carbons (Fsp3) is 0.478. The van der Waals surface area contributed by atoms with Gasteiger partial charge in [-0.2, -0.15) is 0 Å². The summed E-state index contributed by atoms with van der Waals surface area (Å²) in [5.41, 5.74) is 1.47. The molecule has 2 aliphatic rings. The van der Waals surface area contributed by atoms with Crippen LogP contribution < -0.4 is 61.2 Å². The molecule has 2 aromatic carbocycles. The van der Waals surface area contributed by atoms with Gasteiger partial charge in [-0.25, -0.2) is 0 Å². The van der Waals surface area contributed by atoms with Crippen molar-refractivity contribution in [2.75, 3.05) is 0 Å². The minimum atomic E-state index is 0. The first-order chi connectivity index (χ1) is 12.1. The van der Waals surface area contributed by atoms with Crippen molar-refractivity contribution < 1.29 is 61.2 Å². The Hall–Kier alpha value is -0.324. The van der Waals surface area contributed by atoms with Crippen molar-refractivity contribution >= 4 is 0 Å². The first-order valence-corrected chi connectivity index (χ1v) is 9.63. The fourth-order valence-electron chi connectivity index (χ4n) is 5.43. The van der Waals surface area contributed by atoms with Crippen LogP contribution >= 0.6 is 0 Å². The van der Waals surface area contributed by atoms with Crippen molar-refractivity contribution in [3.63, 3.8) is 0 Å². The van der Waals surface area contributed by atoms with Gasteiger partial charge >= 0.3 is 51.4 Å². The predicted molar refractivity (Wildman–Crippen MR) is 98.9 cm³/mol. The number of hydrogen-bond acceptors (Lipinski definition) is 2. The van der Waals surface area contributed by atoms with Crippen LogP contribution in [-0.4, -0.2) is 0 Å². The summed E-state index contributed by atoms with van der Waals surface area (Å²) < 4.78 is 5.86. The van der Waals surface area contributed by atoms with Gasteiger partial charge in [0.1, 0.15) is 11.5 Å². The zero-order valence-corrected chi connectivity index (χ0v) is 19.3. The third kappa shape index (κ3) is 4.56. The van der Waals surface area contributed by atoms with Crippen molar-refractivity contribution in [1.82, 2.24) is 0 Å². The molecule has 2 aliphatic carbocycles. The van der Waals surface area contributed by atoms with E-state index in [0.717, 1.165) is 29.4 Å². The average Bonchev–Trinajstić information content (AvgIpc) is 2.57. The van der Waals surface area contributed by atoms with Crippen LogP contribution in [-0.2, 0) is 0 Å². The third-order valence-corrected chi connectivity index (χ3v) is 6.23. The van der Waals surface area contributed by atoms with Crippen LogP contribution in [0.1, 0.15) is 51.0 Å². The quantitative estimate of drug-likeness (QED) is 0.774. The van der Waals surface area contributed by atoms with Gasteiger partial charge in [0.05, 0.1) is 0 Å². The molecule has 0 aliphatic heterocycles. The molecule has 2 fully saturated rings. The van der Waals surface area contributed by atoms with E-state index in [4.69, 9.17) is 4.74 Å². The predicted octanol–water partition coefficient (Wildman–Crippen LogP) is 2.73. The van der Waals surface area contributed by atoms with Crippen molar-refractivity contribution in [2.24, 2.45) is 23.7 Å². The first kappa shape index (κ1) is 20.4. The van der Waals surface area contributed by atoms with E-state index >= 15 is 0 Å². The first-order valence-electron chi connectivity index (χ1n) is 9.63. The molecule has 0 radical (unpaired) electrons. The van der Waals surface area contributed by atoms with Gasteiger partial charge in [-0.1, -0.05) is 38.1 Å². The van der Waals surface area contributed by atoms with Gasteiger partial charge < -0.3 is 9.84 Å². The Bertz CT molecular complexity index is 706. The van der Waals surface area contributed by atoms with Crippen LogP contribution in [0.4, 0.5) is 0 Å². The molecular formula is C23H27KO2. The Morgan fingerprint density at radius 1 is 0.808 bits per heavy atom. The second-order valence-corrected chi connectivity index (χ2v) is 8.32. The molecule has 0 N–H and O–H groups in total. The molecule has 0 spiro atoms. The molecule has 132 valence electrons. The molecule has 2 aromatic rings. The van der Waals surface area contributed by atoms with Gasteiger partial charge in [0, 0.05) is 0 Å².